The zero-order valence-corrected chi connectivity index (χ0v) is 20.7. The lowest BCUT2D eigenvalue weighted by molar-refractivity contribution is -0.137. The summed E-state index contributed by atoms with van der Waals surface area (Å²) in [6.07, 6.45) is 1.91. The van der Waals surface area contributed by atoms with Gasteiger partial charge in [0.15, 0.2) is 11.6 Å². The van der Waals surface area contributed by atoms with Crippen LogP contribution in [0.15, 0.2) is 49.3 Å². The van der Waals surface area contributed by atoms with Crippen molar-refractivity contribution >= 4 is 63.6 Å². The molecule has 1 amide bonds. The molecule has 0 aromatic carbocycles. The van der Waals surface area contributed by atoms with E-state index in [-0.39, 0.29) is 45.9 Å². The van der Waals surface area contributed by atoms with Gasteiger partial charge in [0.2, 0.25) is 0 Å². The van der Waals surface area contributed by atoms with E-state index in [1.54, 1.807) is 24.5 Å². The molecule has 0 atom stereocenters. The van der Waals surface area contributed by atoms with Gasteiger partial charge in [0.05, 0.1) is 21.8 Å². The summed E-state index contributed by atoms with van der Waals surface area (Å²) in [5.74, 6) is -1.13. The number of nitrogens with one attached hydrogen (secondary N) is 2. The van der Waals surface area contributed by atoms with Crippen molar-refractivity contribution in [2.75, 3.05) is 10.6 Å². The first-order valence-corrected chi connectivity index (χ1v) is 11.9. The van der Waals surface area contributed by atoms with Crippen molar-refractivity contribution in [1.82, 2.24) is 24.9 Å². The monoisotopic (exact) mass is 567 g/mol. The minimum Gasteiger partial charge on any atom is -0.339 e. The van der Waals surface area contributed by atoms with Crippen LogP contribution in [-0.4, -0.2) is 36.6 Å². The van der Waals surface area contributed by atoms with E-state index in [1.807, 2.05) is 0 Å². The van der Waals surface area contributed by atoms with Crippen LogP contribution in [0.4, 0.5) is 30.5 Å². The molecule has 190 valence electrons. The van der Waals surface area contributed by atoms with Crippen LogP contribution in [-0.2, 0) is 12.6 Å². The Hall–Kier alpha value is -3.68. The van der Waals surface area contributed by atoms with E-state index in [0.29, 0.717) is 16.8 Å². The van der Waals surface area contributed by atoms with Crippen LogP contribution >= 0.6 is 34.5 Å². The van der Waals surface area contributed by atoms with E-state index < -0.39 is 22.7 Å². The lowest BCUT2D eigenvalue weighted by atomic mass is 10.1. The van der Waals surface area contributed by atoms with Crippen molar-refractivity contribution in [1.29, 1.82) is 0 Å². The summed E-state index contributed by atoms with van der Waals surface area (Å²) in [4.78, 5) is 45.1. The lowest BCUT2D eigenvalue weighted by Gasteiger charge is -2.10. The number of amides is 1. The second kappa shape index (κ2) is 11.2. The molecule has 4 aromatic heterocycles. The summed E-state index contributed by atoms with van der Waals surface area (Å²) in [5.41, 5.74) is -0.423. The molecule has 0 radical (unpaired) electrons. The van der Waals surface area contributed by atoms with Crippen LogP contribution in [0.25, 0.3) is 0 Å². The van der Waals surface area contributed by atoms with Crippen LogP contribution in [0.3, 0.4) is 0 Å². The van der Waals surface area contributed by atoms with Gasteiger partial charge in [-0.3, -0.25) is 14.6 Å². The molecule has 9 nitrogen and oxygen atoms in total. The molecule has 0 saturated heterocycles. The second-order valence-corrected chi connectivity index (χ2v) is 9.19. The van der Waals surface area contributed by atoms with Crippen LogP contribution < -0.4 is 10.6 Å². The summed E-state index contributed by atoms with van der Waals surface area (Å²) in [7, 11) is 0. The number of rotatable bonds is 8. The normalized spacial score (nSPS) is 11.3. The Morgan fingerprint density at radius 3 is 2.51 bits per heavy atom. The Morgan fingerprint density at radius 2 is 1.78 bits per heavy atom. The topological polar surface area (TPSA) is 123 Å². The molecular weight excluding hydrogens is 554 g/mol. The van der Waals surface area contributed by atoms with Gasteiger partial charge in [0.25, 0.3) is 5.91 Å². The maximum atomic E-state index is 13.0. The Morgan fingerprint density at radius 1 is 1.03 bits per heavy atom. The van der Waals surface area contributed by atoms with Crippen molar-refractivity contribution < 1.29 is 22.8 Å². The summed E-state index contributed by atoms with van der Waals surface area (Å²) in [6, 6.07) is 4.05. The number of hydrogen-bond donors (Lipinski definition) is 2. The summed E-state index contributed by atoms with van der Waals surface area (Å²) >= 11 is 12.9. The van der Waals surface area contributed by atoms with Crippen LogP contribution in [0.5, 0.6) is 0 Å². The van der Waals surface area contributed by atoms with E-state index in [1.165, 1.54) is 12.5 Å². The molecule has 2 N–H and O–H groups in total. The fourth-order valence-corrected chi connectivity index (χ4v) is 4.27. The summed E-state index contributed by atoms with van der Waals surface area (Å²) in [5, 5.41) is 5.20. The summed E-state index contributed by atoms with van der Waals surface area (Å²) < 4.78 is 39.1. The van der Waals surface area contributed by atoms with E-state index >= 15 is 0 Å². The molecule has 0 unspecified atom stereocenters. The zero-order valence-electron chi connectivity index (χ0n) is 18.4. The minimum absolute atomic E-state index is 0.00626. The number of ketones is 1. The van der Waals surface area contributed by atoms with Gasteiger partial charge in [-0.05, 0) is 18.2 Å². The number of Topliss-reactive ketones (excluding diaryl/α,β-unsaturated/α-hetero) is 1. The van der Waals surface area contributed by atoms with Gasteiger partial charge in [-0.15, -0.1) is 11.3 Å². The highest BCUT2D eigenvalue weighted by Gasteiger charge is 2.34. The largest absolute Gasteiger partial charge is 0.418 e. The van der Waals surface area contributed by atoms with Crippen molar-refractivity contribution in [3.05, 3.63) is 80.5 Å². The van der Waals surface area contributed by atoms with Gasteiger partial charge in [0.1, 0.15) is 27.7 Å². The number of alkyl halides is 3. The number of halogens is 5. The lowest BCUT2D eigenvalue weighted by Crippen LogP contribution is -2.13. The highest BCUT2D eigenvalue weighted by molar-refractivity contribution is 7.13. The molecule has 0 aliphatic heterocycles. The molecule has 0 spiro atoms. The van der Waals surface area contributed by atoms with E-state index in [4.69, 9.17) is 23.2 Å². The first kappa shape index (κ1) is 26.4. The van der Waals surface area contributed by atoms with E-state index in [2.05, 4.69) is 35.6 Å². The molecule has 0 bridgehead atoms. The fourth-order valence-electron chi connectivity index (χ4n) is 3.00. The highest BCUT2D eigenvalue weighted by atomic mass is 35.5. The van der Waals surface area contributed by atoms with Crippen molar-refractivity contribution in [3.8, 4) is 0 Å². The number of pyridine rings is 2. The molecular formula is C22H14Cl2F3N7O2S. The van der Waals surface area contributed by atoms with Crippen LogP contribution in [0.1, 0.15) is 37.2 Å². The Labute approximate surface area is 221 Å². The second-order valence-electron chi connectivity index (χ2n) is 7.29. The van der Waals surface area contributed by atoms with Crippen LogP contribution in [0.2, 0.25) is 10.0 Å². The predicted molar refractivity (Wildman–Crippen MR) is 132 cm³/mol. The molecule has 4 rings (SSSR count). The number of carbonyl (C=O) groups is 2. The van der Waals surface area contributed by atoms with Gasteiger partial charge < -0.3 is 10.6 Å². The number of aromatic nitrogens is 5. The molecule has 0 aliphatic carbocycles. The third kappa shape index (κ3) is 6.56. The van der Waals surface area contributed by atoms with Crippen molar-refractivity contribution in [2.24, 2.45) is 0 Å². The van der Waals surface area contributed by atoms with Gasteiger partial charge in [-0.2, -0.15) is 13.2 Å². The third-order valence-corrected chi connectivity index (χ3v) is 6.46. The predicted octanol–water partition coefficient (Wildman–Crippen LogP) is 5.86. The number of hydrogen-bond acceptors (Lipinski definition) is 9. The fraction of sp³-hybridized carbons (Fsp3) is 0.136. The van der Waals surface area contributed by atoms with Gasteiger partial charge in [0, 0.05) is 37.1 Å². The Kier molecular flexibility index (Phi) is 7.95. The zero-order chi connectivity index (χ0) is 26.6. The molecule has 15 heteroatoms. The molecule has 0 aliphatic rings. The SMILES string of the molecule is O=C(Nc1cc(C(F)(F)F)c(Cl)cn1)c1cnc(CCC(=O)c2ncnc(Nc3ccncc3)c2Cl)s1. The van der Waals surface area contributed by atoms with Gasteiger partial charge >= 0.3 is 6.18 Å². The molecule has 4 heterocycles. The summed E-state index contributed by atoms with van der Waals surface area (Å²) in [6.45, 7) is 0. The maximum absolute atomic E-state index is 13.0. The molecule has 4 aromatic rings. The highest BCUT2D eigenvalue weighted by Crippen LogP contribution is 2.35. The Balaban J connectivity index is 1.38. The molecule has 37 heavy (non-hydrogen) atoms. The van der Waals surface area contributed by atoms with Crippen molar-refractivity contribution in [2.45, 2.75) is 19.0 Å². The first-order chi connectivity index (χ1) is 17.6. The minimum atomic E-state index is -4.70. The number of nitrogens with zero attached hydrogens (tertiary/aromatic N) is 5. The Bertz CT molecular complexity index is 1450. The first-order valence-electron chi connectivity index (χ1n) is 10.3. The molecule has 0 fully saturated rings. The van der Waals surface area contributed by atoms with Gasteiger partial charge in [-0.25, -0.2) is 19.9 Å². The number of aryl methyl sites for hydroxylation is 1. The van der Waals surface area contributed by atoms with E-state index in [9.17, 15) is 22.8 Å². The third-order valence-electron chi connectivity index (χ3n) is 4.74. The quantitative estimate of drug-likeness (QED) is 0.254. The maximum Gasteiger partial charge on any atom is 0.418 e. The standard InChI is InChI=1S/C22H14Cl2F3N7O2S/c23-13-8-29-16(7-12(13)22(25,26)27)34-21(36)15-9-30-17(37-15)2-1-14(35)19-18(24)20(32-10-31-19)33-11-3-5-28-6-4-11/h3-10H,1-2H2,(H,29,34,36)(H,28,31,32,33). The van der Waals surface area contributed by atoms with E-state index in [0.717, 1.165) is 17.5 Å². The number of anilines is 3. The number of thiazole rings is 1. The van der Waals surface area contributed by atoms with Crippen molar-refractivity contribution in [3.63, 3.8) is 0 Å². The van der Waals surface area contributed by atoms with Gasteiger partial charge in [-0.1, -0.05) is 23.2 Å². The average Bonchev–Trinajstić information content (AvgIpc) is 3.34. The smallest absolute Gasteiger partial charge is 0.339 e. The molecule has 0 saturated carbocycles. The number of carbonyl (C=O) groups excluding carboxylic acids is 2. The average molecular weight is 568 g/mol. The van der Waals surface area contributed by atoms with Crippen LogP contribution in [0, 0.1) is 0 Å².